The van der Waals surface area contributed by atoms with Gasteiger partial charge in [0.2, 0.25) is 11.7 Å². The van der Waals surface area contributed by atoms with Gasteiger partial charge in [0, 0.05) is 32.2 Å². The first-order chi connectivity index (χ1) is 15.5. The Morgan fingerprint density at radius 3 is 2.50 bits per heavy atom. The summed E-state index contributed by atoms with van der Waals surface area (Å²) in [7, 11) is 5.25. The van der Waals surface area contributed by atoms with Crippen molar-refractivity contribution in [2.45, 2.75) is 37.2 Å². The van der Waals surface area contributed by atoms with Crippen molar-refractivity contribution in [1.82, 2.24) is 10.5 Å². The molecule has 0 amide bonds. The molecule has 4 atom stereocenters. The van der Waals surface area contributed by atoms with Crippen molar-refractivity contribution in [3.8, 4) is 17.2 Å². The topological polar surface area (TPSA) is 105 Å². The maximum absolute atomic E-state index is 9.32. The highest BCUT2D eigenvalue weighted by Gasteiger charge is 2.67. The Balaban J connectivity index is 1.66. The molecule has 2 spiro atoms. The summed E-state index contributed by atoms with van der Waals surface area (Å²) in [6.07, 6.45) is 2.22. The summed E-state index contributed by atoms with van der Waals surface area (Å²) in [4.78, 5) is 11.5. The number of benzene rings is 2. The van der Waals surface area contributed by atoms with Crippen LogP contribution in [-0.2, 0) is 26.5 Å². The number of hydroxylamine groups is 2. The summed E-state index contributed by atoms with van der Waals surface area (Å²) in [6, 6.07) is 16.2. The van der Waals surface area contributed by atoms with Crippen LogP contribution < -0.4 is 11.3 Å². The quantitative estimate of drug-likeness (QED) is 0.566. The first kappa shape index (κ1) is 20.9. The van der Waals surface area contributed by atoms with Crippen molar-refractivity contribution in [2.24, 2.45) is 16.3 Å². The fourth-order valence-corrected chi connectivity index (χ4v) is 5.70. The van der Waals surface area contributed by atoms with Crippen molar-refractivity contribution in [3.63, 3.8) is 0 Å². The number of nitrogens with one attached hydrogen (secondary N) is 1. The largest absolute Gasteiger partial charge is 0.379 e. The second kappa shape index (κ2) is 7.57. The molecule has 3 N–H and O–H groups in total. The number of nitriles is 1. The Bertz CT molecular complexity index is 1110. The van der Waals surface area contributed by atoms with Crippen LogP contribution in [0.25, 0.3) is 11.1 Å². The third-order valence-corrected chi connectivity index (χ3v) is 7.21. The number of aliphatic imine (C=N–C) groups is 1. The normalized spacial score (nSPS) is 30.6. The molecule has 5 rings (SSSR count). The summed E-state index contributed by atoms with van der Waals surface area (Å²) >= 11 is 0. The zero-order valence-corrected chi connectivity index (χ0v) is 18.5. The highest BCUT2D eigenvalue weighted by Crippen LogP contribution is 2.63. The lowest BCUT2D eigenvalue weighted by Crippen LogP contribution is -2.43. The van der Waals surface area contributed by atoms with Crippen LogP contribution in [0, 0.1) is 16.7 Å². The van der Waals surface area contributed by atoms with Crippen LogP contribution in [0.4, 0.5) is 0 Å². The van der Waals surface area contributed by atoms with E-state index in [0.29, 0.717) is 11.5 Å². The highest BCUT2D eigenvalue weighted by molar-refractivity contribution is 5.80. The number of fused-ring (bicyclic) bond motifs is 3. The van der Waals surface area contributed by atoms with E-state index in [4.69, 9.17) is 25.1 Å². The van der Waals surface area contributed by atoms with Crippen LogP contribution in [0.15, 0.2) is 47.5 Å². The number of hydrogen-bond acceptors (Lipinski definition) is 8. The van der Waals surface area contributed by atoms with E-state index in [9.17, 15) is 5.26 Å². The van der Waals surface area contributed by atoms with Crippen LogP contribution in [0.5, 0.6) is 0 Å². The van der Waals surface area contributed by atoms with E-state index >= 15 is 0 Å². The zero-order valence-electron chi connectivity index (χ0n) is 18.5. The van der Waals surface area contributed by atoms with Gasteiger partial charge in [0.25, 0.3) is 0 Å². The lowest BCUT2D eigenvalue weighted by Gasteiger charge is -2.38. The number of nitrogens with zero attached hydrogens (tertiary/aromatic N) is 3. The van der Waals surface area contributed by atoms with Gasteiger partial charge in [-0.25, -0.2) is 20.7 Å². The first-order valence-electron chi connectivity index (χ1n) is 10.7. The summed E-state index contributed by atoms with van der Waals surface area (Å²) in [5.41, 5.74) is 6.21. The molecule has 1 heterocycles. The van der Waals surface area contributed by atoms with Crippen molar-refractivity contribution in [1.29, 1.82) is 5.26 Å². The molecule has 1 saturated carbocycles. The number of hydrazine groups is 1. The van der Waals surface area contributed by atoms with Gasteiger partial charge >= 0.3 is 0 Å². The monoisotopic (exact) mass is 433 g/mol. The standard InChI is InChI=1S/C24H27N5O3/c1-29-22(28-26)27-24(32-29)19-10-17(16-6-4-5-15(9-16)14-25)7-8-18(19)11-23(24)12-20(30-2)21(13-23)31-3/h4-10,20-21H,11-13,26H2,1-3H3,(H,27,28)/t20-,21+,23?,24?. The van der Waals surface area contributed by atoms with Gasteiger partial charge in [-0.3, -0.25) is 5.43 Å². The predicted molar refractivity (Wildman–Crippen MR) is 119 cm³/mol. The Kier molecular flexibility index (Phi) is 4.95. The fraction of sp³-hybridized carbons (Fsp3) is 0.417. The number of guanidine groups is 1. The van der Waals surface area contributed by atoms with E-state index in [1.165, 1.54) is 5.56 Å². The number of methoxy groups -OCH3 is 2. The van der Waals surface area contributed by atoms with Crippen molar-refractivity contribution in [3.05, 3.63) is 59.2 Å². The Labute approximate surface area is 187 Å². The fourth-order valence-electron chi connectivity index (χ4n) is 5.70. The molecule has 2 unspecified atom stereocenters. The van der Waals surface area contributed by atoms with E-state index < -0.39 is 5.72 Å². The van der Waals surface area contributed by atoms with E-state index in [1.54, 1.807) is 32.4 Å². The smallest absolute Gasteiger partial charge is 0.235 e. The van der Waals surface area contributed by atoms with Crippen LogP contribution >= 0.6 is 0 Å². The molecule has 32 heavy (non-hydrogen) atoms. The lowest BCUT2D eigenvalue weighted by molar-refractivity contribution is -0.223. The minimum atomic E-state index is -0.939. The van der Waals surface area contributed by atoms with Gasteiger partial charge < -0.3 is 9.47 Å². The van der Waals surface area contributed by atoms with Gasteiger partial charge in [-0.15, -0.1) is 0 Å². The predicted octanol–water partition coefficient (Wildman–Crippen LogP) is 2.44. The highest BCUT2D eigenvalue weighted by atomic mass is 16.7. The number of rotatable bonds is 3. The summed E-state index contributed by atoms with van der Waals surface area (Å²) < 4.78 is 11.6. The second-order valence-corrected chi connectivity index (χ2v) is 8.79. The third kappa shape index (κ3) is 2.86. The zero-order chi connectivity index (χ0) is 22.5. The summed E-state index contributed by atoms with van der Waals surface area (Å²) in [6.45, 7) is 0. The minimum absolute atomic E-state index is 0.0445. The van der Waals surface area contributed by atoms with Crippen molar-refractivity contribution in [2.75, 3.05) is 21.3 Å². The maximum Gasteiger partial charge on any atom is 0.235 e. The molecule has 1 aliphatic heterocycles. The summed E-state index contributed by atoms with van der Waals surface area (Å²) in [5, 5.41) is 10.9. The van der Waals surface area contributed by atoms with Gasteiger partial charge in [0.05, 0.1) is 23.8 Å². The molecule has 2 aliphatic carbocycles. The van der Waals surface area contributed by atoms with E-state index in [0.717, 1.165) is 36.0 Å². The van der Waals surface area contributed by atoms with Gasteiger partial charge in [0.15, 0.2) is 0 Å². The molecular formula is C24H27N5O3. The van der Waals surface area contributed by atoms with Crippen LogP contribution in [0.2, 0.25) is 0 Å². The van der Waals surface area contributed by atoms with E-state index in [2.05, 4.69) is 29.7 Å². The molecule has 0 radical (unpaired) electrons. The maximum atomic E-state index is 9.32. The number of hydrogen-bond donors (Lipinski definition) is 2. The molecule has 2 aromatic carbocycles. The van der Waals surface area contributed by atoms with Crippen LogP contribution in [-0.4, -0.2) is 44.5 Å². The molecule has 8 nitrogen and oxygen atoms in total. The molecular weight excluding hydrogens is 406 g/mol. The molecule has 1 fully saturated rings. The van der Waals surface area contributed by atoms with Crippen LogP contribution in [0.3, 0.4) is 0 Å². The molecule has 0 bridgehead atoms. The second-order valence-electron chi connectivity index (χ2n) is 8.79. The molecule has 3 aliphatic rings. The molecule has 2 aromatic rings. The minimum Gasteiger partial charge on any atom is -0.379 e. The van der Waals surface area contributed by atoms with Crippen molar-refractivity contribution >= 4 is 5.96 Å². The number of nitrogens with two attached hydrogens (primary N) is 1. The molecule has 0 aromatic heterocycles. The Hall–Kier alpha value is -2.96. The van der Waals surface area contributed by atoms with Crippen molar-refractivity contribution < 1.29 is 14.3 Å². The van der Waals surface area contributed by atoms with Gasteiger partial charge in [-0.05, 0) is 54.2 Å². The van der Waals surface area contributed by atoms with E-state index in [1.807, 2.05) is 18.2 Å². The molecule has 0 saturated heterocycles. The van der Waals surface area contributed by atoms with Gasteiger partial charge in [0.1, 0.15) is 0 Å². The average Bonchev–Trinajstić information content (AvgIpc) is 3.45. The Morgan fingerprint density at radius 2 is 1.88 bits per heavy atom. The van der Waals surface area contributed by atoms with Crippen LogP contribution in [0.1, 0.15) is 29.5 Å². The Morgan fingerprint density at radius 1 is 1.16 bits per heavy atom. The third-order valence-electron chi connectivity index (χ3n) is 7.21. The van der Waals surface area contributed by atoms with E-state index in [-0.39, 0.29) is 17.6 Å². The number of ether oxygens (including phenoxy) is 2. The molecule has 8 heteroatoms. The SMILES string of the molecule is CO[C@H]1CC2(Cc3ccc(-c4cccc(C#N)c4)cc3C23N=C(NN)N(C)O3)C[C@H]1OC. The van der Waals surface area contributed by atoms with Gasteiger partial charge in [-0.2, -0.15) is 5.26 Å². The molecule has 166 valence electrons. The lowest BCUT2D eigenvalue weighted by atomic mass is 9.76. The average molecular weight is 434 g/mol. The van der Waals surface area contributed by atoms with Gasteiger partial charge in [-0.1, -0.05) is 24.3 Å². The first-order valence-corrected chi connectivity index (χ1v) is 10.7. The summed E-state index contributed by atoms with van der Waals surface area (Å²) in [5.74, 6) is 6.24.